The first kappa shape index (κ1) is 20.8. The molecule has 0 spiro atoms. The van der Waals surface area contributed by atoms with Crippen LogP contribution in [0.5, 0.6) is 0 Å². The Hall–Kier alpha value is -2.91. The van der Waals surface area contributed by atoms with E-state index in [1.807, 2.05) is 66.7 Å². The molecule has 0 fully saturated rings. The minimum atomic E-state index is -0.970. The van der Waals surface area contributed by atoms with Crippen LogP contribution >= 0.6 is 0 Å². The van der Waals surface area contributed by atoms with E-state index in [1.54, 1.807) is 0 Å². The van der Waals surface area contributed by atoms with Crippen molar-refractivity contribution in [1.82, 2.24) is 4.90 Å². The predicted molar refractivity (Wildman–Crippen MR) is 118 cm³/mol. The molecule has 0 heterocycles. The molecule has 0 radical (unpaired) electrons. The number of hydrogen-bond acceptors (Lipinski definition) is 2. The molecule has 3 rings (SSSR count). The summed E-state index contributed by atoms with van der Waals surface area (Å²) < 4.78 is 0. The van der Waals surface area contributed by atoms with E-state index in [-0.39, 0.29) is 0 Å². The molecule has 0 aromatic heterocycles. The Balaban J connectivity index is 2.03. The Labute approximate surface area is 173 Å². The number of carbonyl (C=O) groups is 1. The summed E-state index contributed by atoms with van der Waals surface area (Å²) in [5, 5.41) is 10.5. The maximum Gasteiger partial charge on any atom is 0.324 e. The van der Waals surface area contributed by atoms with Crippen molar-refractivity contribution < 1.29 is 9.90 Å². The fourth-order valence-electron chi connectivity index (χ4n) is 3.99. The van der Waals surface area contributed by atoms with Crippen molar-refractivity contribution in [2.24, 2.45) is 0 Å². The van der Waals surface area contributed by atoms with Crippen LogP contribution in [0.1, 0.15) is 36.5 Å². The van der Waals surface area contributed by atoms with Crippen molar-refractivity contribution in [2.75, 3.05) is 0 Å². The van der Waals surface area contributed by atoms with Gasteiger partial charge in [0.2, 0.25) is 0 Å². The molecule has 0 bridgehead atoms. The highest BCUT2D eigenvalue weighted by atomic mass is 16.4. The highest BCUT2D eigenvalue weighted by Gasteiger charge is 2.43. The van der Waals surface area contributed by atoms with Crippen molar-refractivity contribution in [3.63, 3.8) is 0 Å². The van der Waals surface area contributed by atoms with Crippen molar-refractivity contribution in [3.05, 3.63) is 108 Å². The van der Waals surface area contributed by atoms with Gasteiger partial charge in [-0.1, -0.05) is 104 Å². The Morgan fingerprint density at radius 3 is 1.55 bits per heavy atom. The third-order valence-corrected chi connectivity index (χ3v) is 5.44. The van der Waals surface area contributed by atoms with Gasteiger partial charge in [0.05, 0.1) is 0 Å². The lowest BCUT2D eigenvalue weighted by Gasteiger charge is -2.41. The first-order valence-corrected chi connectivity index (χ1v) is 10.2. The zero-order valence-electron chi connectivity index (χ0n) is 17.0. The van der Waals surface area contributed by atoms with Gasteiger partial charge in [0.1, 0.15) is 5.54 Å². The normalized spacial score (nSPS) is 13.2. The van der Waals surface area contributed by atoms with E-state index < -0.39 is 11.5 Å². The zero-order chi connectivity index (χ0) is 20.5. The van der Waals surface area contributed by atoms with Crippen LogP contribution < -0.4 is 0 Å². The number of carboxylic acid groups (broad SMARTS) is 1. The van der Waals surface area contributed by atoms with E-state index >= 15 is 0 Å². The van der Waals surface area contributed by atoms with Crippen molar-refractivity contribution >= 4 is 5.97 Å². The highest BCUT2D eigenvalue weighted by molar-refractivity contribution is 5.79. The molecule has 0 aliphatic rings. The van der Waals surface area contributed by atoms with Crippen LogP contribution in [0, 0.1) is 0 Å². The lowest BCUT2D eigenvalue weighted by atomic mass is 9.83. The summed E-state index contributed by atoms with van der Waals surface area (Å²) in [6, 6.07) is 30.3. The van der Waals surface area contributed by atoms with Crippen molar-refractivity contribution in [2.45, 2.75) is 44.8 Å². The Bertz CT molecular complexity index is 839. The fourth-order valence-corrected chi connectivity index (χ4v) is 3.99. The first-order chi connectivity index (χ1) is 14.1. The van der Waals surface area contributed by atoms with Crippen LogP contribution in [-0.4, -0.2) is 21.5 Å². The number of aliphatic carboxylic acids is 1. The van der Waals surface area contributed by atoms with Gasteiger partial charge in [-0.25, -0.2) is 0 Å². The van der Waals surface area contributed by atoms with Gasteiger partial charge in [0.25, 0.3) is 0 Å². The lowest BCUT2D eigenvalue weighted by Crippen LogP contribution is -2.55. The molecule has 3 heteroatoms. The molecule has 3 nitrogen and oxygen atoms in total. The van der Waals surface area contributed by atoms with E-state index in [1.165, 1.54) is 0 Å². The molecule has 29 heavy (non-hydrogen) atoms. The molecule has 1 atom stereocenters. The number of rotatable bonds is 10. The second kappa shape index (κ2) is 10.0. The molecule has 3 aromatic rings. The summed E-state index contributed by atoms with van der Waals surface area (Å²) >= 11 is 0. The minimum absolute atomic E-state index is 0.483. The standard InChI is InChI=1S/C26H29NO2/c1-2-18-26(25(28)29,19-22-12-6-3-7-13-22)27(20-23-14-8-4-9-15-23)21-24-16-10-5-11-17-24/h3-17H,2,18-21H2,1H3,(H,28,29)/t26-/m0/s1. The molecule has 150 valence electrons. The second-order valence-electron chi connectivity index (χ2n) is 7.58. The number of benzene rings is 3. The summed E-state index contributed by atoms with van der Waals surface area (Å²) in [5.41, 5.74) is 2.33. The lowest BCUT2D eigenvalue weighted by molar-refractivity contribution is -0.153. The van der Waals surface area contributed by atoms with Gasteiger partial charge in [-0.15, -0.1) is 0 Å². The number of carboxylic acids is 1. The molecule has 3 aromatic carbocycles. The summed E-state index contributed by atoms with van der Waals surface area (Å²) in [4.78, 5) is 14.9. The zero-order valence-corrected chi connectivity index (χ0v) is 17.0. The second-order valence-corrected chi connectivity index (χ2v) is 7.58. The van der Waals surface area contributed by atoms with Crippen LogP contribution in [0.4, 0.5) is 0 Å². The Morgan fingerprint density at radius 1 is 0.759 bits per heavy atom. The average molecular weight is 388 g/mol. The minimum Gasteiger partial charge on any atom is -0.480 e. The van der Waals surface area contributed by atoms with Gasteiger partial charge >= 0.3 is 5.97 Å². The summed E-state index contributed by atoms with van der Waals surface area (Å²) in [5.74, 6) is -0.755. The monoisotopic (exact) mass is 387 g/mol. The van der Waals surface area contributed by atoms with Gasteiger partial charge in [-0.3, -0.25) is 9.69 Å². The third kappa shape index (κ3) is 5.33. The third-order valence-electron chi connectivity index (χ3n) is 5.44. The molecule has 0 unspecified atom stereocenters. The number of hydrogen-bond donors (Lipinski definition) is 1. The van der Waals surface area contributed by atoms with E-state index in [4.69, 9.17) is 0 Å². The molecule has 0 aliphatic carbocycles. The predicted octanol–water partition coefficient (Wildman–Crippen LogP) is 5.56. The van der Waals surface area contributed by atoms with E-state index in [2.05, 4.69) is 36.1 Å². The summed E-state index contributed by atoms with van der Waals surface area (Å²) in [7, 11) is 0. The quantitative estimate of drug-likeness (QED) is 0.495. The van der Waals surface area contributed by atoms with E-state index in [0.717, 1.165) is 23.1 Å². The maximum absolute atomic E-state index is 12.8. The van der Waals surface area contributed by atoms with Gasteiger partial charge < -0.3 is 5.11 Å². The average Bonchev–Trinajstić information content (AvgIpc) is 2.75. The van der Waals surface area contributed by atoms with Crippen LogP contribution in [0.3, 0.4) is 0 Å². The van der Waals surface area contributed by atoms with E-state index in [9.17, 15) is 9.90 Å². The molecule has 0 saturated heterocycles. The van der Waals surface area contributed by atoms with Gasteiger partial charge in [-0.05, 0) is 23.1 Å². The van der Waals surface area contributed by atoms with Crippen LogP contribution in [0.25, 0.3) is 0 Å². The molecule has 0 saturated carbocycles. The van der Waals surface area contributed by atoms with Crippen molar-refractivity contribution in [3.8, 4) is 0 Å². The van der Waals surface area contributed by atoms with Gasteiger partial charge in [0, 0.05) is 19.5 Å². The first-order valence-electron chi connectivity index (χ1n) is 10.2. The molecular weight excluding hydrogens is 358 g/mol. The molecule has 1 N–H and O–H groups in total. The maximum atomic E-state index is 12.8. The van der Waals surface area contributed by atoms with E-state index in [0.29, 0.717) is 25.9 Å². The van der Waals surface area contributed by atoms with Crippen LogP contribution in [0.2, 0.25) is 0 Å². The topological polar surface area (TPSA) is 40.5 Å². The fraction of sp³-hybridized carbons (Fsp3) is 0.269. The number of nitrogens with zero attached hydrogens (tertiary/aromatic N) is 1. The largest absolute Gasteiger partial charge is 0.480 e. The Morgan fingerprint density at radius 2 is 1.17 bits per heavy atom. The van der Waals surface area contributed by atoms with Crippen LogP contribution in [0.15, 0.2) is 91.0 Å². The summed E-state index contributed by atoms with van der Waals surface area (Å²) in [6.07, 6.45) is 1.88. The Kier molecular flexibility index (Phi) is 7.20. The van der Waals surface area contributed by atoms with Crippen molar-refractivity contribution in [1.29, 1.82) is 0 Å². The van der Waals surface area contributed by atoms with Gasteiger partial charge in [-0.2, -0.15) is 0 Å². The van der Waals surface area contributed by atoms with Gasteiger partial charge in [0.15, 0.2) is 0 Å². The SMILES string of the molecule is CCC[C@](Cc1ccccc1)(C(=O)O)N(Cc1ccccc1)Cc1ccccc1. The molecular formula is C26H29NO2. The highest BCUT2D eigenvalue weighted by Crippen LogP contribution is 2.31. The summed E-state index contributed by atoms with van der Waals surface area (Å²) in [6.45, 7) is 3.25. The van der Waals surface area contributed by atoms with Crippen LogP contribution in [-0.2, 0) is 24.3 Å². The molecule has 0 aliphatic heterocycles. The molecule has 0 amide bonds. The smallest absolute Gasteiger partial charge is 0.324 e.